The Kier molecular flexibility index (Phi) is 4.83. The van der Waals surface area contributed by atoms with E-state index in [1.54, 1.807) is 22.9 Å². The van der Waals surface area contributed by atoms with Crippen molar-refractivity contribution in [1.82, 2.24) is 14.7 Å². The zero-order valence-electron chi connectivity index (χ0n) is 17.3. The van der Waals surface area contributed by atoms with Crippen molar-refractivity contribution in [3.63, 3.8) is 0 Å². The van der Waals surface area contributed by atoms with Crippen LogP contribution in [-0.4, -0.2) is 41.3 Å². The van der Waals surface area contributed by atoms with E-state index in [1.807, 2.05) is 12.1 Å². The van der Waals surface area contributed by atoms with Crippen LogP contribution in [0.2, 0.25) is 0 Å². The maximum atomic E-state index is 13.2. The van der Waals surface area contributed by atoms with E-state index in [4.69, 9.17) is 9.47 Å². The van der Waals surface area contributed by atoms with E-state index in [0.717, 1.165) is 37.5 Å². The lowest BCUT2D eigenvalue weighted by molar-refractivity contribution is -0.109. The lowest BCUT2D eigenvalue weighted by Gasteiger charge is -2.16. The number of fused-ring (bicyclic) bond motifs is 1. The molecule has 166 valence electrons. The van der Waals surface area contributed by atoms with Crippen molar-refractivity contribution in [2.24, 2.45) is 0 Å². The predicted octanol–water partition coefficient (Wildman–Crippen LogP) is 3.73. The molecular formula is C23H21F2N3O4. The molecule has 0 saturated heterocycles. The van der Waals surface area contributed by atoms with Crippen LogP contribution in [0.25, 0.3) is 16.9 Å². The zero-order chi connectivity index (χ0) is 22.5. The van der Waals surface area contributed by atoms with Crippen LogP contribution in [0.3, 0.4) is 0 Å². The van der Waals surface area contributed by atoms with Crippen molar-refractivity contribution in [3.8, 4) is 22.8 Å². The average Bonchev–Trinajstić information content (AvgIpc) is 3.70. The van der Waals surface area contributed by atoms with Gasteiger partial charge in [0, 0.05) is 17.8 Å². The Labute approximate surface area is 182 Å². The molecule has 0 spiro atoms. The number of hydrogen-bond donors (Lipinski definition) is 1. The molecule has 2 saturated carbocycles. The van der Waals surface area contributed by atoms with Crippen LogP contribution in [0.4, 0.5) is 8.78 Å². The predicted molar refractivity (Wildman–Crippen MR) is 111 cm³/mol. The summed E-state index contributed by atoms with van der Waals surface area (Å²) in [6.07, 6.45) is 7.72. The van der Waals surface area contributed by atoms with Crippen LogP contribution in [0.15, 0.2) is 36.7 Å². The number of aldehydes is 1. The van der Waals surface area contributed by atoms with Gasteiger partial charge in [-0.2, -0.15) is 8.78 Å². The molecule has 2 aliphatic rings. The highest BCUT2D eigenvalue weighted by atomic mass is 19.3. The van der Waals surface area contributed by atoms with Gasteiger partial charge in [0.1, 0.15) is 29.0 Å². The third-order valence-corrected chi connectivity index (χ3v) is 6.04. The summed E-state index contributed by atoms with van der Waals surface area (Å²) in [4.78, 5) is 28.6. The number of carbonyl (C=O) groups is 2. The van der Waals surface area contributed by atoms with Gasteiger partial charge in [0.25, 0.3) is 5.91 Å². The summed E-state index contributed by atoms with van der Waals surface area (Å²) in [5.41, 5.74) is 2.14. The Bertz CT molecular complexity index is 1220. The highest BCUT2D eigenvalue weighted by molar-refractivity contribution is 6.01. The van der Waals surface area contributed by atoms with Crippen LogP contribution >= 0.6 is 0 Å². The van der Waals surface area contributed by atoms with E-state index < -0.39 is 17.9 Å². The molecule has 1 N–H and O–H groups in total. The number of methoxy groups -OCH3 is 1. The first kappa shape index (κ1) is 20.4. The third-order valence-electron chi connectivity index (χ3n) is 6.04. The molecule has 0 atom stereocenters. The standard InChI is InChI=1S/C23H21F2N3O4/c1-31-17-8-13(9-18(32-22(24)25)20(17)21(30)27-15-2-3-15)16-11-26-19-10-14(4-7-28(16)19)23(12-29)5-6-23/h4,7-12,15,22H,2-3,5-6H2,1H3,(H,27,30). The van der Waals surface area contributed by atoms with E-state index in [9.17, 15) is 18.4 Å². The van der Waals surface area contributed by atoms with Crippen molar-refractivity contribution in [2.45, 2.75) is 43.8 Å². The number of nitrogens with one attached hydrogen (secondary N) is 1. The minimum atomic E-state index is -3.11. The van der Waals surface area contributed by atoms with Crippen molar-refractivity contribution >= 4 is 17.8 Å². The fourth-order valence-electron chi connectivity index (χ4n) is 3.91. The van der Waals surface area contributed by atoms with Gasteiger partial charge in [0.15, 0.2) is 0 Å². The summed E-state index contributed by atoms with van der Waals surface area (Å²) < 4.78 is 38.2. The lowest BCUT2D eigenvalue weighted by atomic mass is 9.99. The minimum Gasteiger partial charge on any atom is -0.496 e. The maximum Gasteiger partial charge on any atom is 0.387 e. The summed E-state index contributed by atoms with van der Waals surface area (Å²) in [5.74, 6) is -0.657. The zero-order valence-corrected chi connectivity index (χ0v) is 17.3. The molecule has 32 heavy (non-hydrogen) atoms. The van der Waals surface area contributed by atoms with Crippen LogP contribution in [0.5, 0.6) is 11.5 Å². The minimum absolute atomic E-state index is 0.0420. The normalized spacial score (nSPS) is 16.8. The van der Waals surface area contributed by atoms with Crippen LogP contribution in [0.1, 0.15) is 41.6 Å². The molecule has 0 radical (unpaired) electrons. The van der Waals surface area contributed by atoms with Crippen molar-refractivity contribution in [2.75, 3.05) is 7.11 Å². The number of hydrogen-bond acceptors (Lipinski definition) is 5. The Balaban J connectivity index is 1.59. The molecule has 2 heterocycles. The number of pyridine rings is 1. The maximum absolute atomic E-state index is 13.2. The highest BCUT2D eigenvalue weighted by Crippen LogP contribution is 2.46. The largest absolute Gasteiger partial charge is 0.496 e. The van der Waals surface area contributed by atoms with E-state index >= 15 is 0 Å². The summed E-state index contributed by atoms with van der Waals surface area (Å²) >= 11 is 0. The second-order valence-electron chi connectivity index (χ2n) is 8.24. The monoisotopic (exact) mass is 441 g/mol. The molecule has 3 aromatic rings. The first-order chi connectivity index (χ1) is 15.4. The molecular weight excluding hydrogens is 420 g/mol. The van der Waals surface area contributed by atoms with Gasteiger partial charge in [0.2, 0.25) is 0 Å². The van der Waals surface area contributed by atoms with Crippen LogP contribution in [-0.2, 0) is 10.2 Å². The number of amides is 1. The lowest BCUT2D eigenvalue weighted by Crippen LogP contribution is -2.26. The molecule has 1 amide bonds. The van der Waals surface area contributed by atoms with Gasteiger partial charge < -0.3 is 19.6 Å². The molecule has 7 nitrogen and oxygen atoms in total. The third kappa shape index (κ3) is 3.57. The van der Waals surface area contributed by atoms with Gasteiger partial charge >= 0.3 is 6.61 Å². The summed E-state index contributed by atoms with van der Waals surface area (Å²) in [5, 5.41) is 2.78. The van der Waals surface area contributed by atoms with E-state index in [2.05, 4.69) is 10.3 Å². The van der Waals surface area contributed by atoms with Gasteiger partial charge in [-0.1, -0.05) is 0 Å². The number of carbonyl (C=O) groups excluding carboxylic acids is 2. The number of halogens is 2. The number of ether oxygens (including phenoxy) is 2. The van der Waals surface area contributed by atoms with Crippen molar-refractivity contribution in [3.05, 3.63) is 47.8 Å². The molecule has 0 aliphatic heterocycles. The van der Waals surface area contributed by atoms with Gasteiger partial charge in [-0.25, -0.2) is 4.98 Å². The SMILES string of the molecule is COc1cc(-c2cnc3cc(C4(C=O)CC4)ccn23)cc(OC(F)F)c1C(=O)NC1CC1. The van der Waals surface area contributed by atoms with Gasteiger partial charge in [-0.15, -0.1) is 0 Å². The van der Waals surface area contributed by atoms with Gasteiger partial charge in [0.05, 0.1) is 24.4 Å². The first-order valence-corrected chi connectivity index (χ1v) is 10.4. The van der Waals surface area contributed by atoms with Gasteiger partial charge in [-0.3, -0.25) is 9.20 Å². The smallest absolute Gasteiger partial charge is 0.387 e. The Hall–Kier alpha value is -3.49. The number of aromatic nitrogens is 2. The van der Waals surface area contributed by atoms with E-state index in [1.165, 1.54) is 13.2 Å². The number of imidazole rings is 1. The molecule has 5 rings (SSSR count). The molecule has 2 aliphatic carbocycles. The molecule has 1 aromatic carbocycles. The number of rotatable bonds is 8. The average molecular weight is 441 g/mol. The van der Waals surface area contributed by atoms with Crippen molar-refractivity contribution < 1.29 is 27.8 Å². The van der Waals surface area contributed by atoms with E-state index in [-0.39, 0.29) is 23.1 Å². The number of nitrogens with zero attached hydrogens (tertiary/aromatic N) is 2. The summed E-state index contributed by atoms with van der Waals surface area (Å²) in [7, 11) is 1.37. The van der Waals surface area contributed by atoms with Crippen LogP contribution in [0, 0.1) is 0 Å². The fraction of sp³-hybridized carbons (Fsp3) is 0.348. The Morgan fingerprint density at radius 1 is 1.28 bits per heavy atom. The highest BCUT2D eigenvalue weighted by Gasteiger charge is 2.44. The van der Waals surface area contributed by atoms with Crippen LogP contribution < -0.4 is 14.8 Å². The number of alkyl halides is 2. The Morgan fingerprint density at radius 2 is 2.03 bits per heavy atom. The summed E-state index contributed by atoms with van der Waals surface area (Å²) in [6, 6.07) is 6.76. The topological polar surface area (TPSA) is 81.9 Å². The molecule has 0 bridgehead atoms. The molecule has 0 unspecified atom stereocenters. The number of benzene rings is 1. The first-order valence-electron chi connectivity index (χ1n) is 10.4. The summed E-state index contributed by atoms with van der Waals surface area (Å²) in [6.45, 7) is -3.11. The second kappa shape index (κ2) is 7.58. The molecule has 9 heteroatoms. The van der Waals surface area contributed by atoms with Crippen molar-refractivity contribution in [1.29, 1.82) is 0 Å². The Morgan fingerprint density at radius 3 is 2.66 bits per heavy atom. The van der Waals surface area contributed by atoms with E-state index in [0.29, 0.717) is 16.9 Å². The van der Waals surface area contributed by atoms with Gasteiger partial charge in [-0.05, 0) is 55.5 Å². The molecule has 2 aromatic heterocycles. The quantitative estimate of drug-likeness (QED) is 0.539. The second-order valence-corrected chi connectivity index (χ2v) is 8.24. The molecule has 2 fully saturated rings. The fourth-order valence-corrected chi connectivity index (χ4v) is 3.91.